The number of ketones is 1. The summed E-state index contributed by atoms with van der Waals surface area (Å²) in [7, 11) is 1.58. The molecule has 178 valence electrons. The zero-order chi connectivity index (χ0) is 24.5. The number of hydrogen-bond donors (Lipinski definition) is 0. The third kappa shape index (κ3) is 5.04. The molecule has 0 N–H and O–H groups in total. The Kier molecular flexibility index (Phi) is 6.56. The van der Waals surface area contributed by atoms with E-state index in [-0.39, 0.29) is 23.3 Å². The second kappa shape index (κ2) is 9.42. The van der Waals surface area contributed by atoms with Gasteiger partial charge in [0, 0.05) is 37.7 Å². The van der Waals surface area contributed by atoms with E-state index in [0.717, 1.165) is 17.7 Å². The lowest BCUT2D eigenvalue weighted by molar-refractivity contribution is -0.137. The normalized spacial score (nSPS) is 14.3. The topological polar surface area (TPSA) is 64.4 Å². The first kappa shape index (κ1) is 23.7. The maximum atomic E-state index is 13.0. The first-order valence-corrected chi connectivity index (χ1v) is 10.8. The zero-order valence-corrected chi connectivity index (χ0v) is 18.9. The van der Waals surface area contributed by atoms with Crippen LogP contribution in [0.15, 0.2) is 53.3 Å². The number of nitrogens with zero attached hydrogens (tertiary/aromatic N) is 3. The van der Waals surface area contributed by atoms with Gasteiger partial charge in [0.15, 0.2) is 5.78 Å². The number of anilines is 1. The number of hydrogen-bond acceptors (Lipinski definition) is 5. The Morgan fingerprint density at radius 3 is 2.53 bits per heavy atom. The highest BCUT2D eigenvalue weighted by molar-refractivity contribution is 5.98. The van der Waals surface area contributed by atoms with Gasteiger partial charge in [-0.1, -0.05) is 30.3 Å². The van der Waals surface area contributed by atoms with Gasteiger partial charge in [0.2, 0.25) is 0 Å². The third-order valence-electron chi connectivity index (χ3n) is 5.85. The van der Waals surface area contributed by atoms with Crippen LogP contribution in [0.1, 0.15) is 27.0 Å². The van der Waals surface area contributed by atoms with Crippen molar-refractivity contribution in [2.75, 3.05) is 31.2 Å². The Balaban J connectivity index is 1.66. The molecule has 1 aromatic heterocycles. The van der Waals surface area contributed by atoms with Crippen molar-refractivity contribution >= 4 is 11.5 Å². The van der Waals surface area contributed by atoms with Crippen LogP contribution in [-0.4, -0.2) is 41.9 Å². The molecule has 0 aliphatic carbocycles. The first-order chi connectivity index (χ1) is 16.1. The molecular weight excluding hydrogens is 447 g/mol. The summed E-state index contributed by atoms with van der Waals surface area (Å²) < 4.78 is 45.7. The van der Waals surface area contributed by atoms with E-state index in [2.05, 4.69) is 5.10 Å². The third-order valence-corrected chi connectivity index (χ3v) is 5.85. The van der Waals surface area contributed by atoms with Crippen molar-refractivity contribution in [2.45, 2.75) is 19.5 Å². The van der Waals surface area contributed by atoms with Crippen molar-refractivity contribution < 1.29 is 22.7 Å². The molecule has 0 amide bonds. The van der Waals surface area contributed by atoms with Crippen molar-refractivity contribution in [3.63, 3.8) is 0 Å². The Labute approximate surface area is 194 Å². The van der Waals surface area contributed by atoms with E-state index in [1.54, 1.807) is 31.3 Å². The summed E-state index contributed by atoms with van der Waals surface area (Å²) in [4.78, 5) is 27.6. The van der Waals surface area contributed by atoms with Crippen molar-refractivity contribution in [3.05, 3.63) is 81.1 Å². The first-order valence-electron chi connectivity index (χ1n) is 10.8. The number of carbonyl (C=O) groups is 1. The van der Waals surface area contributed by atoms with Gasteiger partial charge in [-0.3, -0.25) is 9.59 Å². The van der Waals surface area contributed by atoms with Crippen LogP contribution < -0.4 is 10.5 Å². The zero-order valence-electron chi connectivity index (χ0n) is 18.9. The van der Waals surface area contributed by atoms with Crippen molar-refractivity contribution in [1.82, 2.24) is 9.78 Å². The van der Waals surface area contributed by atoms with E-state index >= 15 is 0 Å². The molecule has 0 atom stereocenters. The number of aromatic nitrogens is 2. The number of benzene rings is 2. The van der Waals surface area contributed by atoms with E-state index in [9.17, 15) is 22.8 Å². The summed E-state index contributed by atoms with van der Waals surface area (Å²) in [5, 5.41) is 4.39. The quantitative estimate of drug-likeness (QED) is 0.526. The summed E-state index contributed by atoms with van der Waals surface area (Å²) in [5.74, 6) is -0.307. The Morgan fingerprint density at radius 1 is 1.09 bits per heavy atom. The van der Waals surface area contributed by atoms with Crippen LogP contribution in [0.4, 0.5) is 18.9 Å². The molecular formula is C25H24F3N3O3. The molecule has 0 radical (unpaired) electrons. The van der Waals surface area contributed by atoms with Gasteiger partial charge in [-0.05, 0) is 36.2 Å². The fourth-order valence-corrected chi connectivity index (χ4v) is 3.97. The van der Waals surface area contributed by atoms with Crippen molar-refractivity contribution in [3.8, 4) is 11.3 Å². The highest BCUT2D eigenvalue weighted by Gasteiger charge is 2.30. The molecule has 0 unspecified atom stereocenters. The van der Waals surface area contributed by atoms with Gasteiger partial charge in [-0.2, -0.15) is 18.3 Å². The SMILES string of the molecule is Cc1ccc(C(=O)Cc2cccc(C(F)(F)F)c2)cc1-c1cc(N2CCOCC2)c(=O)n(C)n1. The lowest BCUT2D eigenvalue weighted by Gasteiger charge is -2.28. The number of ether oxygens (including phenoxy) is 1. The molecule has 34 heavy (non-hydrogen) atoms. The molecule has 1 saturated heterocycles. The fourth-order valence-electron chi connectivity index (χ4n) is 3.97. The number of halogens is 3. The van der Waals surface area contributed by atoms with Crippen LogP contribution in [0.3, 0.4) is 0 Å². The summed E-state index contributed by atoms with van der Waals surface area (Å²) in [6.45, 7) is 4.11. The highest BCUT2D eigenvalue weighted by atomic mass is 19.4. The Bertz CT molecular complexity index is 1280. The lowest BCUT2D eigenvalue weighted by Crippen LogP contribution is -2.40. The van der Waals surface area contributed by atoms with Crippen LogP contribution in [0.2, 0.25) is 0 Å². The minimum atomic E-state index is -4.47. The molecule has 2 heterocycles. The number of Topliss-reactive ketones (excluding diaryl/α,β-unsaturated/α-hetero) is 1. The van der Waals surface area contributed by atoms with Gasteiger partial charge in [0.05, 0.1) is 24.5 Å². The van der Waals surface area contributed by atoms with Gasteiger partial charge in [0.1, 0.15) is 5.69 Å². The Hall–Kier alpha value is -3.46. The number of aryl methyl sites for hydroxylation is 2. The van der Waals surface area contributed by atoms with E-state index in [1.165, 1.54) is 16.8 Å². The van der Waals surface area contributed by atoms with Crippen molar-refractivity contribution in [2.24, 2.45) is 7.05 Å². The average Bonchev–Trinajstić information content (AvgIpc) is 2.81. The van der Waals surface area contributed by atoms with Gasteiger partial charge in [0.25, 0.3) is 5.56 Å². The molecule has 4 rings (SSSR count). The second-order valence-corrected chi connectivity index (χ2v) is 8.27. The summed E-state index contributed by atoms with van der Waals surface area (Å²) >= 11 is 0. The molecule has 0 spiro atoms. The summed E-state index contributed by atoms with van der Waals surface area (Å²) in [6.07, 6.45) is -4.63. The molecule has 6 nitrogen and oxygen atoms in total. The van der Waals surface area contributed by atoms with E-state index in [4.69, 9.17) is 4.74 Å². The van der Waals surface area contributed by atoms with Crippen LogP contribution in [0.5, 0.6) is 0 Å². The van der Waals surface area contributed by atoms with Crippen molar-refractivity contribution in [1.29, 1.82) is 0 Å². The largest absolute Gasteiger partial charge is 0.416 e. The molecule has 1 aliphatic heterocycles. The average molecular weight is 471 g/mol. The van der Waals surface area contributed by atoms with Gasteiger partial charge < -0.3 is 9.64 Å². The van der Waals surface area contributed by atoms with E-state index in [1.807, 2.05) is 11.8 Å². The maximum absolute atomic E-state index is 13.0. The number of carbonyl (C=O) groups excluding carboxylic acids is 1. The second-order valence-electron chi connectivity index (χ2n) is 8.27. The molecule has 9 heteroatoms. The number of rotatable bonds is 5. The molecule has 0 bridgehead atoms. The lowest BCUT2D eigenvalue weighted by atomic mass is 9.96. The number of morpholine rings is 1. The minimum Gasteiger partial charge on any atom is -0.378 e. The van der Waals surface area contributed by atoms with Crippen LogP contribution in [0.25, 0.3) is 11.3 Å². The van der Waals surface area contributed by atoms with E-state index < -0.39 is 11.7 Å². The standard InChI is InChI=1S/C25H24F3N3O3/c1-16-6-7-18(23(32)13-17-4-3-5-19(12-17)25(26,27)28)14-20(16)21-15-22(24(33)30(2)29-21)31-8-10-34-11-9-31/h3-7,12,14-15H,8-11,13H2,1-2H3. The summed E-state index contributed by atoms with van der Waals surface area (Å²) in [6, 6.07) is 11.6. The van der Waals surface area contributed by atoms with Gasteiger partial charge >= 0.3 is 6.18 Å². The smallest absolute Gasteiger partial charge is 0.378 e. The van der Waals surface area contributed by atoms with Crippen LogP contribution >= 0.6 is 0 Å². The number of alkyl halides is 3. The maximum Gasteiger partial charge on any atom is 0.416 e. The predicted molar refractivity (Wildman–Crippen MR) is 122 cm³/mol. The fraction of sp³-hybridized carbons (Fsp3) is 0.320. The predicted octanol–water partition coefficient (Wildman–Crippen LogP) is 4.04. The van der Waals surface area contributed by atoms with Crippen LogP contribution in [-0.2, 0) is 24.4 Å². The van der Waals surface area contributed by atoms with E-state index in [0.29, 0.717) is 48.8 Å². The van der Waals surface area contributed by atoms with Crippen LogP contribution in [0, 0.1) is 6.92 Å². The van der Waals surface area contributed by atoms with Gasteiger partial charge in [-0.15, -0.1) is 0 Å². The van der Waals surface area contributed by atoms with Gasteiger partial charge in [-0.25, -0.2) is 4.68 Å². The summed E-state index contributed by atoms with van der Waals surface area (Å²) in [5.41, 5.74) is 2.23. The Morgan fingerprint density at radius 2 is 1.82 bits per heavy atom. The monoisotopic (exact) mass is 471 g/mol. The molecule has 1 aliphatic rings. The molecule has 2 aromatic carbocycles. The molecule has 0 saturated carbocycles. The minimum absolute atomic E-state index is 0.161. The molecule has 1 fully saturated rings. The molecule has 3 aromatic rings. The highest BCUT2D eigenvalue weighted by Crippen LogP contribution is 2.30.